The number of carboxylic acids is 1. The topological polar surface area (TPSA) is 74.7 Å². The van der Waals surface area contributed by atoms with Gasteiger partial charge in [-0.05, 0) is 0 Å². The smallest absolute Gasteiger partial charge is 0.323 e. The van der Waals surface area contributed by atoms with Crippen LogP contribution in [-0.4, -0.2) is 34.3 Å². The van der Waals surface area contributed by atoms with Crippen LogP contribution in [0.15, 0.2) is 0 Å². The molecule has 0 unspecified atom stereocenters. The highest BCUT2D eigenvalue weighted by Gasteiger charge is 2.16. The first kappa shape index (κ1) is 9.61. The van der Waals surface area contributed by atoms with Gasteiger partial charge in [0, 0.05) is 13.8 Å². The van der Waals surface area contributed by atoms with Crippen molar-refractivity contribution in [3.8, 4) is 0 Å². The van der Waals surface area contributed by atoms with Crippen LogP contribution in [0.2, 0.25) is 0 Å². The molecule has 62 valence electrons. The highest BCUT2D eigenvalue weighted by molar-refractivity contribution is 5.95. The van der Waals surface area contributed by atoms with Gasteiger partial charge >= 0.3 is 5.97 Å². The molecule has 0 bridgehead atoms. The lowest BCUT2D eigenvalue weighted by molar-refractivity contribution is -0.150. The second-order valence-electron chi connectivity index (χ2n) is 2.02. The van der Waals surface area contributed by atoms with E-state index in [2.05, 4.69) is 0 Å². The molecule has 0 saturated heterocycles. The van der Waals surface area contributed by atoms with Crippen molar-refractivity contribution in [2.45, 2.75) is 13.8 Å². The molecule has 0 rings (SSSR count). The molecule has 0 atom stereocenters. The van der Waals surface area contributed by atoms with Crippen molar-refractivity contribution in [2.24, 2.45) is 0 Å². The minimum absolute atomic E-state index is 0.556. The summed E-state index contributed by atoms with van der Waals surface area (Å²) < 4.78 is 0. The second-order valence-corrected chi connectivity index (χ2v) is 2.02. The van der Waals surface area contributed by atoms with E-state index in [4.69, 9.17) is 5.11 Å². The summed E-state index contributed by atoms with van der Waals surface area (Å²) >= 11 is 0. The van der Waals surface area contributed by atoms with E-state index in [9.17, 15) is 14.4 Å². The average molecular weight is 159 g/mol. The van der Waals surface area contributed by atoms with E-state index in [0.717, 1.165) is 13.8 Å². The highest BCUT2D eigenvalue weighted by Crippen LogP contribution is 1.89. The fourth-order valence-electron chi connectivity index (χ4n) is 0.580. The van der Waals surface area contributed by atoms with E-state index in [0.29, 0.717) is 4.90 Å². The number of amides is 2. The maximum atomic E-state index is 10.6. The summed E-state index contributed by atoms with van der Waals surface area (Å²) in [4.78, 5) is 31.9. The molecule has 0 aromatic rings. The quantitative estimate of drug-likeness (QED) is 0.587. The molecule has 0 radical (unpaired) electrons. The summed E-state index contributed by atoms with van der Waals surface area (Å²) in [5, 5.41) is 8.24. The SMILES string of the molecule is CC(=O)N(CC(=O)O)C(C)=O. The number of hydrogen-bond donors (Lipinski definition) is 1. The van der Waals surface area contributed by atoms with Gasteiger partial charge in [-0.25, -0.2) is 0 Å². The maximum Gasteiger partial charge on any atom is 0.323 e. The standard InChI is InChI=1S/C6H9NO4/c1-4(8)7(5(2)9)3-6(10)11/h3H2,1-2H3,(H,10,11). The molecule has 0 fully saturated rings. The number of carbonyl (C=O) groups is 3. The van der Waals surface area contributed by atoms with Crippen LogP contribution in [0.1, 0.15) is 13.8 Å². The summed E-state index contributed by atoms with van der Waals surface area (Å²) in [7, 11) is 0. The molecule has 0 spiro atoms. The van der Waals surface area contributed by atoms with Crippen LogP contribution >= 0.6 is 0 Å². The number of rotatable bonds is 2. The molecule has 0 aliphatic carbocycles. The van der Waals surface area contributed by atoms with Gasteiger partial charge in [-0.2, -0.15) is 0 Å². The average Bonchev–Trinajstić information content (AvgIpc) is 1.81. The highest BCUT2D eigenvalue weighted by atomic mass is 16.4. The molecule has 2 amide bonds. The molecule has 0 saturated carbocycles. The molecule has 5 nitrogen and oxygen atoms in total. The minimum atomic E-state index is -1.20. The van der Waals surface area contributed by atoms with Crippen LogP contribution in [0.5, 0.6) is 0 Å². The summed E-state index contributed by atoms with van der Waals surface area (Å²) in [6, 6.07) is 0. The van der Waals surface area contributed by atoms with Crippen molar-refractivity contribution in [2.75, 3.05) is 6.54 Å². The number of nitrogens with zero attached hydrogens (tertiary/aromatic N) is 1. The molecule has 0 heterocycles. The van der Waals surface area contributed by atoms with Gasteiger partial charge in [0.1, 0.15) is 6.54 Å². The van der Waals surface area contributed by atoms with Crippen LogP contribution in [0.3, 0.4) is 0 Å². The van der Waals surface area contributed by atoms with Gasteiger partial charge in [0.2, 0.25) is 11.8 Å². The zero-order valence-electron chi connectivity index (χ0n) is 6.33. The Labute approximate surface area is 63.6 Å². The van der Waals surface area contributed by atoms with Gasteiger partial charge in [0.05, 0.1) is 0 Å². The van der Waals surface area contributed by atoms with Crippen LogP contribution < -0.4 is 0 Å². The van der Waals surface area contributed by atoms with Crippen molar-refractivity contribution >= 4 is 17.8 Å². The third-order valence-corrected chi connectivity index (χ3v) is 1.05. The lowest BCUT2D eigenvalue weighted by Gasteiger charge is -2.13. The fraction of sp³-hybridized carbons (Fsp3) is 0.500. The Morgan fingerprint density at radius 3 is 1.64 bits per heavy atom. The maximum absolute atomic E-state index is 10.6. The van der Waals surface area contributed by atoms with E-state index in [-0.39, 0.29) is 0 Å². The molecule has 0 aromatic heterocycles. The van der Waals surface area contributed by atoms with Crippen LogP contribution in [-0.2, 0) is 14.4 Å². The molecule has 1 N–H and O–H groups in total. The molecule has 0 aliphatic heterocycles. The van der Waals surface area contributed by atoms with Gasteiger partial charge in [0.25, 0.3) is 0 Å². The number of hydrogen-bond acceptors (Lipinski definition) is 3. The normalized spacial score (nSPS) is 8.91. The Morgan fingerprint density at radius 2 is 1.55 bits per heavy atom. The van der Waals surface area contributed by atoms with E-state index in [1.165, 1.54) is 0 Å². The predicted octanol–water partition coefficient (Wildman–Crippen LogP) is -0.534. The minimum Gasteiger partial charge on any atom is -0.480 e. The summed E-state index contributed by atoms with van der Waals surface area (Å²) in [5.41, 5.74) is 0. The van der Waals surface area contributed by atoms with Crippen LogP contribution in [0.25, 0.3) is 0 Å². The van der Waals surface area contributed by atoms with Crippen LogP contribution in [0.4, 0.5) is 0 Å². The third kappa shape index (κ3) is 3.34. The predicted molar refractivity (Wildman–Crippen MR) is 35.7 cm³/mol. The Hall–Kier alpha value is -1.39. The van der Waals surface area contributed by atoms with Gasteiger partial charge in [-0.3, -0.25) is 19.3 Å². The molecule has 0 aromatic carbocycles. The van der Waals surface area contributed by atoms with E-state index < -0.39 is 24.3 Å². The monoisotopic (exact) mass is 159 g/mol. The summed E-state index contributed by atoms with van der Waals surface area (Å²) in [6.45, 7) is 1.72. The number of aliphatic carboxylic acids is 1. The first-order chi connectivity index (χ1) is 4.95. The van der Waals surface area contributed by atoms with Crippen LogP contribution in [0, 0.1) is 0 Å². The lowest BCUT2D eigenvalue weighted by Crippen LogP contribution is -2.37. The zero-order chi connectivity index (χ0) is 9.02. The van der Waals surface area contributed by atoms with Gasteiger partial charge in [0.15, 0.2) is 0 Å². The van der Waals surface area contributed by atoms with Crippen molar-refractivity contribution in [1.82, 2.24) is 4.90 Å². The summed E-state index contributed by atoms with van der Waals surface area (Å²) in [5.74, 6) is -2.31. The lowest BCUT2D eigenvalue weighted by atomic mass is 10.4. The molecular formula is C6H9NO4. The fourth-order valence-corrected chi connectivity index (χ4v) is 0.580. The zero-order valence-corrected chi connectivity index (χ0v) is 6.33. The van der Waals surface area contributed by atoms with E-state index >= 15 is 0 Å². The van der Waals surface area contributed by atoms with Gasteiger partial charge < -0.3 is 5.11 Å². The van der Waals surface area contributed by atoms with Crippen molar-refractivity contribution in [3.05, 3.63) is 0 Å². The van der Waals surface area contributed by atoms with Crippen molar-refractivity contribution in [1.29, 1.82) is 0 Å². The Morgan fingerprint density at radius 1 is 1.18 bits per heavy atom. The largest absolute Gasteiger partial charge is 0.480 e. The first-order valence-corrected chi connectivity index (χ1v) is 2.95. The Balaban J connectivity index is 4.23. The summed E-state index contributed by atoms with van der Waals surface area (Å²) in [6.07, 6.45) is 0. The third-order valence-electron chi connectivity index (χ3n) is 1.05. The second kappa shape index (κ2) is 3.70. The van der Waals surface area contributed by atoms with Crippen molar-refractivity contribution in [3.63, 3.8) is 0 Å². The molecule has 0 aliphatic rings. The first-order valence-electron chi connectivity index (χ1n) is 2.95. The Kier molecular flexibility index (Phi) is 3.23. The number of carboxylic acid groups (broad SMARTS) is 1. The molecule has 5 heteroatoms. The van der Waals surface area contributed by atoms with E-state index in [1.54, 1.807) is 0 Å². The van der Waals surface area contributed by atoms with Gasteiger partial charge in [-0.1, -0.05) is 0 Å². The molecular weight excluding hydrogens is 150 g/mol. The molecule has 11 heavy (non-hydrogen) atoms. The Bertz CT molecular complexity index is 185. The van der Waals surface area contributed by atoms with Gasteiger partial charge in [-0.15, -0.1) is 0 Å². The number of imide groups is 1. The van der Waals surface area contributed by atoms with Crippen molar-refractivity contribution < 1.29 is 19.5 Å². The van der Waals surface area contributed by atoms with E-state index in [1.807, 2.05) is 0 Å². The number of carbonyl (C=O) groups excluding carboxylic acids is 2.